The zero-order chi connectivity index (χ0) is 17.5. The monoisotopic (exact) mass is 344 g/mol. The molecule has 0 bridgehead atoms. The molecule has 2 aliphatic carbocycles. The van der Waals surface area contributed by atoms with Crippen LogP contribution in [0, 0.1) is 0 Å². The van der Waals surface area contributed by atoms with Crippen LogP contribution in [0.5, 0.6) is 0 Å². The lowest BCUT2D eigenvalue weighted by atomic mass is 10.1. The Hall–Kier alpha value is -2.88. The van der Waals surface area contributed by atoms with E-state index in [4.69, 9.17) is 4.52 Å². The van der Waals surface area contributed by atoms with Crippen LogP contribution in [0.4, 0.5) is 0 Å². The van der Waals surface area contributed by atoms with Crippen molar-refractivity contribution in [3.63, 3.8) is 0 Å². The minimum Gasteiger partial charge on any atom is -0.350 e. The smallest absolute Gasteiger partial charge is 0.293 e. The second kappa shape index (κ2) is 6.13. The van der Waals surface area contributed by atoms with E-state index in [1.165, 1.54) is 11.1 Å². The zero-order valence-electron chi connectivity index (χ0n) is 14.5. The summed E-state index contributed by atoms with van der Waals surface area (Å²) < 4.78 is 5.45. The Labute approximate surface area is 152 Å². The van der Waals surface area contributed by atoms with Crippen molar-refractivity contribution in [1.82, 2.24) is 10.1 Å². The van der Waals surface area contributed by atoms with Crippen LogP contribution >= 0.6 is 0 Å². The summed E-state index contributed by atoms with van der Waals surface area (Å²) in [5.41, 5.74) is 4.31. The Morgan fingerprint density at radius 3 is 2.58 bits per heavy atom. The number of rotatable bonds is 4. The zero-order valence-corrected chi connectivity index (χ0v) is 14.5. The van der Waals surface area contributed by atoms with Crippen molar-refractivity contribution in [2.75, 3.05) is 0 Å². The number of amides is 1. The molecule has 0 aliphatic heterocycles. The predicted octanol–water partition coefficient (Wildman–Crippen LogP) is 4.63. The molecule has 130 valence electrons. The molecule has 2 aliphatic rings. The lowest BCUT2D eigenvalue weighted by Crippen LogP contribution is -2.35. The van der Waals surface area contributed by atoms with E-state index in [2.05, 4.69) is 29.4 Å². The lowest BCUT2D eigenvalue weighted by Gasteiger charge is -2.29. The highest BCUT2D eigenvalue weighted by molar-refractivity contribution is 5.93. The Morgan fingerprint density at radius 2 is 1.77 bits per heavy atom. The van der Waals surface area contributed by atoms with Gasteiger partial charge >= 0.3 is 0 Å². The third-order valence-electron chi connectivity index (χ3n) is 5.40. The van der Waals surface area contributed by atoms with E-state index in [1.54, 1.807) is 6.07 Å². The number of carbonyl (C=O) groups is 1. The quantitative estimate of drug-likeness (QED) is 0.693. The first-order valence-corrected chi connectivity index (χ1v) is 9.24. The SMILES string of the molecule is O=C(c1cc(-c2ccccc2)no1)N(C1CC1)C1CCc2ccccc21. The Kier molecular flexibility index (Phi) is 3.63. The fourth-order valence-corrected chi connectivity index (χ4v) is 3.99. The van der Waals surface area contributed by atoms with E-state index in [0.717, 1.165) is 31.2 Å². The third kappa shape index (κ3) is 2.62. The Morgan fingerprint density at radius 1 is 1.00 bits per heavy atom. The van der Waals surface area contributed by atoms with Crippen LogP contribution in [0.15, 0.2) is 65.2 Å². The predicted molar refractivity (Wildman–Crippen MR) is 98.6 cm³/mol. The van der Waals surface area contributed by atoms with Gasteiger partial charge in [-0.2, -0.15) is 0 Å². The number of hydrogen-bond acceptors (Lipinski definition) is 3. The maximum atomic E-state index is 13.3. The van der Waals surface area contributed by atoms with Gasteiger partial charge in [-0.1, -0.05) is 59.8 Å². The van der Waals surface area contributed by atoms with Crippen LogP contribution in [-0.4, -0.2) is 22.0 Å². The molecule has 0 spiro atoms. The van der Waals surface area contributed by atoms with Crippen molar-refractivity contribution >= 4 is 5.91 Å². The highest BCUT2D eigenvalue weighted by Crippen LogP contribution is 2.42. The van der Waals surface area contributed by atoms with Gasteiger partial charge in [0.25, 0.3) is 5.91 Å². The van der Waals surface area contributed by atoms with Crippen molar-refractivity contribution in [3.05, 3.63) is 77.6 Å². The number of benzene rings is 2. The van der Waals surface area contributed by atoms with Crippen molar-refractivity contribution in [2.24, 2.45) is 0 Å². The van der Waals surface area contributed by atoms with Gasteiger partial charge in [0.1, 0.15) is 5.69 Å². The summed E-state index contributed by atoms with van der Waals surface area (Å²) in [5, 5.41) is 4.12. The molecule has 5 rings (SSSR count). The summed E-state index contributed by atoms with van der Waals surface area (Å²) in [5.74, 6) is 0.295. The number of nitrogens with zero attached hydrogens (tertiary/aromatic N) is 2. The molecule has 26 heavy (non-hydrogen) atoms. The maximum Gasteiger partial charge on any atom is 0.293 e. The second-order valence-corrected chi connectivity index (χ2v) is 7.14. The highest BCUT2D eigenvalue weighted by atomic mass is 16.5. The van der Waals surface area contributed by atoms with Gasteiger partial charge in [-0.25, -0.2) is 0 Å². The molecule has 1 aromatic heterocycles. The number of carbonyl (C=O) groups excluding carboxylic acids is 1. The van der Waals surface area contributed by atoms with Gasteiger partial charge in [-0.05, 0) is 36.8 Å². The summed E-state index contributed by atoms with van der Waals surface area (Å²) >= 11 is 0. The van der Waals surface area contributed by atoms with Crippen molar-refractivity contribution in [2.45, 2.75) is 37.8 Å². The van der Waals surface area contributed by atoms with Gasteiger partial charge in [-0.3, -0.25) is 4.79 Å². The first kappa shape index (κ1) is 15.4. The van der Waals surface area contributed by atoms with E-state index < -0.39 is 0 Å². The third-order valence-corrected chi connectivity index (χ3v) is 5.40. The second-order valence-electron chi connectivity index (χ2n) is 7.14. The van der Waals surface area contributed by atoms with Crippen molar-refractivity contribution in [3.8, 4) is 11.3 Å². The average molecular weight is 344 g/mol. The summed E-state index contributed by atoms with van der Waals surface area (Å²) in [7, 11) is 0. The summed E-state index contributed by atoms with van der Waals surface area (Å²) in [4.78, 5) is 15.3. The van der Waals surface area contributed by atoms with Gasteiger partial charge in [-0.15, -0.1) is 0 Å². The van der Waals surface area contributed by atoms with E-state index in [1.807, 2.05) is 35.2 Å². The summed E-state index contributed by atoms with van der Waals surface area (Å²) in [6, 6.07) is 20.5. The number of hydrogen-bond donors (Lipinski definition) is 0. The van der Waals surface area contributed by atoms with Gasteiger partial charge in [0.15, 0.2) is 0 Å². The van der Waals surface area contributed by atoms with Crippen molar-refractivity contribution < 1.29 is 9.32 Å². The first-order valence-electron chi connectivity index (χ1n) is 9.24. The Bertz CT molecular complexity index is 944. The summed E-state index contributed by atoms with van der Waals surface area (Å²) in [6.07, 6.45) is 4.17. The lowest BCUT2D eigenvalue weighted by molar-refractivity contribution is 0.0615. The van der Waals surface area contributed by atoms with Crippen LogP contribution in [0.3, 0.4) is 0 Å². The topological polar surface area (TPSA) is 46.3 Å². The fourth-order valence-electron chi connectivity index (χ4n) is 3.99. The van der Waals surface area contributed by atoms with Crippen LogP contribution in [0.25, 0.3) is 11.3 Å². The molecule has 2 aromatic carbocycles. The molecule has 1 heterocycles. The molecule has 1 amide bonds. The molecule has 0 radical (unpaired) electrons. The molecule has 0 saturated heterocycles. The van der Waals surface area contributed by atoms with E-state index in [-0.39, 0.29) is 11.9 Å². The Balaban J connectivity index is 1.46. The van der Waals surface area contributed by atoms with Gasteiger partial charge in [0.2, 0.25) is 5.76 Å². The molecule has 4 heteroatoms. The molecular formula is C22H20N2O2. The molecule has 1 saturated carbocycles. The molecule has 3 aromatic rings. The molecule has 0 N–H and O–H groups in total. The summed E-state index contributed by atoms with van der Waals surface area (Å²) in [6.45, 7) is 0. The highest BCUT2D eigenvalue weighted by Gasteiger charge is 2.41. The van der Waals surface area contributed by atoms with Gasteiger partial charge in [0, 0.05) is 17.7 Å². The van der Waals surface area contributed by atoms with E-state index in [0.29, 0.717) is 17.5 Å². The number of aromatic nitrogens is 1. The average Bonchev–Trinajstić information content (AvgIpc) is 3.24. The van der Waals surface area contributed by atoms with E-state index in [9.17, 15) is 4.79 Å². The maximum absolute atomic E-state index is 13.3. The van der Waals surface area contributed by atoms with Crippen LogP contribution in [-0.2, 0) is 6.42 Å². The molecular weight excluding hydrogens is 324 g/mol. The largest absolute Gasteiger partial charge is 0.350 e. The molecule has 1 unspecified atom stereocenters. The van der Waals surface area contributed by atoms with Crippen LogP contribution in [0.2, 0.25) is 0 Å². The first-order chi connectivity index (χ1) is 12.8. The molecule has 1 atom stereocenters. The molecule has 4 nitrogen and oxygen atoms in total. The van der Waals surface area contributed by atoms with Gasteiger partial charge < -0.3 is 9.42 Å². The fraction of sp³-hybridized carbons (Fsp3) is 0.273. The van der Waals surface area contributed by atoms with Crippen LogP contribution in [0.1, 0.15) is 47.0 Å². The molecule has 1 fully saturated rings. The van der Waals surface area contributed by atoms with Gasteiger partial charge in [0.05, 0.1) is 6.04 Å². The minimum absolute atomic E-state index is 0.0381. The van der Waals surface area contributed by atoms with Crippen molar-refractivity contribution in [1.29, 1.82) is 0 Å². The minimum atomic E-state index is -0.0381. The van der Waals surface area contributed by atoms with Crippen LogP contribution < -0.4 is 0 Å². The number of fused-ring (bicyclic) bond motifs is 1. The standard InChI is InChI=1S/C22H20N2O2/c25-22(21-14-19(23-26-21)16-7-2-1-3-8-16)24(17-11-12-17)20-13-10-15-6-4-5-9-18(15)20/h1-9,14,17,20H,10-13H2. The van der Waals surface area contributed by atoms with E-state index >= 15 is 0 Å². The normalized spacial score (nSPS) is 18.5. The number of aryl methyl sites for hydroxylation is 1.